The number of carbonyl (C=O) groups is 1. The number of nitrogens with zero attached hydrogens (tertiary/aromatic N) is 1. The molecule has 0 fully saturated rings. The summed E-state index contributed by atoms with van der Waals surface area (Å²) in [6, 6.07) is 7.50. The van der Waals surface area contributed by atoms with Crippen LogP contribution in [0.2, 0.25) is 0 Å². The highest BCUT2D eigenvalue weighted by Crippen LogP contribution is 2.32. The van der Waals surface area contributed by atoms with Gasteiger partial charge in [0.2, 0.25) is 0 Å². The molecule has 0 radical (unpaired) electrons. The Morgan fingerprint density at radius 3 is 3.00 bits per heavy atom. The maximum absolute atomic E-state index is 12.3. The molecule has 1 unspecified atom stereocenters. The Labute approximate surface area is 119 Å². The van der Waals surface area contributed by atoms with Gasteiger partial charge < -0.3 is 19.5 Å². The van der Waals surface area contributed by atoms with E-state index in [0.717, 1.165) is 17.7 Å². The van der Waals surface area contributed by atoms with Gasteiger partial charge >= 0.3 is 0 Å². The molecule has 110 valence electrons. The Morgan fingerprint density at radius 1 is 1.40 bits per heavy atom. The van der Waals surface area contributed by atoms with E-state index in [0.29, 0.717) is 26.2 Å². The zero-order valence-electron chi connectivity index (χ0n) is 11.7. The van der Waals surface area contributed by atoms with Gasteiger partial charge in [0.15, 0.2) is 0 Å². The molecule has 1 heterocycles. The maximum Gasteiger partial charge on any atom is 0.252 e. The van der Waals surface area contributed by atoms with Gasteiger partial charge in [0.1, 0.15) is 6.61 Å². The molecule has 0 aromatic heterocycles. The number of ether oxygens (including phenoxy) is 2. The fourth-order valence-corrected chi connectivity index (χ4v) is 2.37. The molecule has 20 heavy (non-hydrogen) atoms. The number of hydrogen-bond acceptors (Lipinski definition) is 4. The van der Waals surface area contributed by atoms with Crippen LogP contribution in [0.4, 0.5) is 5.69 Å². The number of benzene rings is 1. The average molecular weight is 279 g/mol. The summed E-state index contributed by atoms with van der Waals surface area (Å²) in [5, 5.41) is 10.1. The Hall–Kier alpha value is -1.43. The molecule has 0 aliphatic carbocycles. The van der Waals surface area contributed by atoms with E-state index in [1.807, 2.05) is 24.3 Å². The van der Waals surface area contributed by atoms with Gasteiger partial charge in [-0.3, -0.25) is 4.79 Å². The first-order valence-electron chi connectivity index (χ1n) is 6.88. The van der Waals surface area contributed by atoms with Crippen molar-refractivity contribution in [1.82, 2.24) is 0 Å². The summed E-state index contributed by atoms with van der Waals surface area (Å²) in [6.07, 6.45) is 0.948. The Balaban J connectivity index is 2.07. The third-order valence-electron chi connectivity index (χ3n) is 3.40. The molecule has 0 saturated carbocycles. The van der Waals surface area contributed by atoms with Gasteiger partial charge in [-0.05, 0) is 18.9 Å². The first kappa shape index (κ1) is 15.0. The van der Waals surface area contributed by atoms with Crippen LogP contribution < -0.4 is 4.90 Å². The molecule has 1 N–H and O–H groups in total. The third-order valence-corrected chi connectivity index (χ3v) is 3.40. The summed E-state index contributed by atoms with van der Waals surface area (Å²) in [7, 11) is 1.59. The standard InChI is InChI=1S/C15H21NO4/c1-19-9-10-20-11-15(18)16-8-4-7-14(17)12-5-2-3-6-13(12)16/h2-3,5-6,14,17H,4,7-11H2,1H3. The zero-order chi connectivity index (χ0) is 14.4. The minimum absolute atomic E-state index is 0.0355. The second-order valence-electron chi connectivity index (χ2n) is 4.81. The molecule has 1 aromatic carbocycles. The minimum Gasteiger partial charge on any atom is -0.388 e. The molecule has 0 bridgehead atoms. The van der Waals surface area contributed by atoms with E-state index in [9.17, 15) is 9.90 Å². The SMILES string of the molecule is COCCOCC(=O)N1CCCC(O)c2ccccc21. The normalized spacial score (nSPS) is 18.5. The molecule has 5 nitrogen and oxygen atoms in total. The molecule has 1 atom stereocenters. The van der Waals surface area contributed by atoms with Crippen LogP contribution >= 0.6 is 0 Å². The molecule has 1 aromatic rings. The maximum atomic E-state index is 12.3. The van der Waals surface area contributed by atoms with Crippen molar-refractivity contribution >= 4 is 11.6 Å². The van der Waals surface area contributed by atoms with Crippen molar-refractivity contribution in [3.63, 3.8) is 0 Å². The van der Waals surface area contributed by atoms with Crippen LogP contribution in [0.25, 0.3) is 0 Å². The van der Waals surface area contributed by atoms with Crippen molar-refractivity contribution in [2.45, 2.75) is 18.9 Å². The van der Waals surface area contributed by atoms with Crippen molar-refractivity contribution in [1.29, 1.82) is 0 Å². The number of amides is 1. The Morgan fingerprint density at radius 2 is 2.20 bits per heavy atom. The first-order valence-corrected chi connectivity index (χ1v) is 6.88. The Bertz CT molecular complexity index is 449. The van der Waals surface area contributed by atoms with E-state index in [4.69, 9.17) is 9.47 Å². The Kier molecular flexibility index (Phi) is 5.52. The summed E-state index contributed by atoms with van der Waals surface area (Å²) in [5.41, 5.74) is 1.60. The lowest BCUT2D eigenvalue weighted by molar-refractivity contribution is -0.123. The van der Waals surface area contributed by atoms with Crippen LogP contribution in [0.3, 0.4) is 0 Å². The van der Waals surface area contributed by atoms with Crippen LogP contribution in [-0.4, -0.2) is 44.5 Å². The molecule has 5 heteroatoms. The van der Waals surface area contributed by atoms with E-state index >= 15 is 0 Å². The van der Waals surface area contributed by atoms with Gasteiger partial charge in [-0.1, -0.05) is 18.2 Å². The lowest BCUT2D eigenvalue weighted by Crippen LogP contribution is -2.35. The molecule has 1 amide bonds. The van der Waals surface area contributed by atoms with Crippen molar-refractivity contribution in [2.24, 2.45) is 0 Å². The average Bonchev–Trinajstić information content (AvgIpc) is 2.63. The van der Waals surface area contributed by atoms with Gasteiger partial charge in [0.05, 0.1) is 19.3 Å². The fourth-order valence-electron chi connectivity index (χ4n) is 2.37. The monoisotopic (exact) mass is 279 g/mol. The van der Waals surface area contributed by atoms with Crippen molar-refractivity contribution in [3.8, 4) is 0 Å². The van der Waals surface area contributed by atoms with E-state index in [-0.39, 0.29) is 12.5 Å². The smallest absolute Gasteiger partial charge is 0.252 e. The number of aliphatic hydroxyl groups excluding tert-OH is 1. The molecular formula is C15H21NO4. The van der Waals surface area contributed by atoms with Crippen LogP contribution in [0.15, 0.2) is 24.3 Å². The van der Waals surface area contributed by atoms with E-state index in [1.54, 1.807) is 12.0 Å². The van der Waals surface area contributed by atoms with Gasteiger partial charge in [-0.15, -0.1) is 0 Å². The molecule has 2 rings (SSSR count). The summed E-state index contributed by atoms with van der Waals surface area (Å²) in [5.74, 6) is -0.0809. The van der Waals surface area contributed by atoms with E-state index < -0.39 is 6.10 Å². The van der Waals surface area contributed by atoms with Crippen molar-refractivity contribution in [3.05, 3.63) is 29.8 Å². The van der Waals surface area contributed by atoms with Gasteiger partial charge in [-0.25, -0.2) is 0 Å². The summed E-state index contributed by atoms with van der Waals surface area (Å²) >= 11 is 0. The van der Waals surface area contributed by atoms with Gasteiger partial charge in [0, 0.05) is 24.9 Å². The molecule has 1 aliphatic heterocycles. The van der Waals surface area contributed by atoms with Crippen molar-refractivity contribution < 1.29 is 19.4 Å². The van der Waals surface area contributed by atoms with Crippen LogP contribution in [0, 0.1) is 0 Å². The second kappa shape index (κ2) is 7.38. The summed E-state index contributed by atoms with van der Waals surface area (Å²) in [6.45, 7) is 1.53. The van der Waals surface area contributed by atoms with Crippen LogP contribution in [0.1, 0.15) is 24.5 Å². The van der Waals surface area contributed by atoms with Gasteiger partial charge in [0.25, 0.3) is 5.91 Å². The molecule has 0 spiro atoms. The lowest BCUT2D eigenvalue weighted by atomic mass is 10.0. The predicted molar refractivity (Wildman–Crippen MR) is 75.7 cm³/mol. The highest BCUT2D eigenvalue weighted by Gasteiger charge is 2.24. The molecule has 1 aliphatic rings. The number of methoxy groups -OCH3 is 1. The molecule has 0 saturated heterocycles. The number of anilines is 1. The van der Waals surface area contributed by atoms with E-state index in [2.05, 4.69) is 0 Å². The highest BCUT2D eigenvalue weighted by molar-refractivity contribution is 5.95. The number of fused-ring (bicyclic) bond motifs is 1. The fraction of sp³-hybridized carbons (Fsp3) is 0.533. The first-order chi connectivity index (χ1) is 9.74. The number of hydrogen-bond donors (Lipinski definition) is 1. The minimum atomic E-state index is -0.501. The largest absolute Gasteiger partial charge is 0.388 e. The van der Waals surface area contributed by atoms with Crippen LogP contribution in [-0.2, 0) is 14.3 Å². The lowest BCUT2D eigenvalue weighted by Gasteiger charge is -2.23. The number of para-hydroxylation sites is 1. The number of aliphatic hydroxyl groups is 1. The van der Waals surface area contributed by atoms with Crippen LogP contribution in [0.5, 0.6) is 0 Å². The number of carbonyl (C=O) groups excluding carboxylic acids is 1. The third kappa shape index (κ3) is 3.56. The predicted octanol–water partition coefficient (Wildman–Crippen LogP) is 1.51. The highest BCUT2D eigenvalue weighted by atomic mass is 16.5. The topological polar surface area (TPSA) is 59.0 Å². The quantitative estimate of drug-likeness (QED) is 0.830. The second-order valence-corrected chi connectivity index (χ2v) is 4.81. The zero-order valence-corrected chi connectivity index (χ0v) is 11.7. The molecular weight excluding hydrogens is 258 g/mol. The van der Waals surface area contributed by atoms with E-state index in [1.165, 1.54) is 0 Å². The summed E-state index contributed by atoms with van der Waals surface area (Å²) < 4.78 is 10.2. The van der Waals surface area contributed by atoms with Crippen molar-refractivity contribution in [2.75, 3.05) is 38.4 Å². The summed E-state index contributed by atoms with van der Waals surface area (Å²) in [4.78, 5) is 14.0. The van der Waals surface area contributed by atoms with Gasteiger partial charge in [-0.2, -0.15) is 0 Å². The number of rotatable bonds is 5.